The predicted octanol–water partition coefficient (Wildman–Crippen LogP) is 4.90. The number of carbonyl (C=O) groups is 3. The molecule has 0 radical (unpaired) electrons. The Labute approximate surface area is 208 Å². The molecule has 0 aliphatic carbocycles. The predicted molar refractivity (Wildman–Crippen MR) is 138 cm³/mol. The van der Waals surface area contributed by atoms with Crippen molar-refractivity contribution >= 4 is 50.1 Å². The number of hydrogen-bond acceptors (Lipinski definition) is 3. The zero-order chi connectivity index (χ0) is 24.2. The minimum absolute atomic E-state index is 0.0262. The van der Waals surface area contributed by atoms with E-state index in [2.05, 4.69) is 21.2 Å². The molecule has 0 fully saturated rings. The number of nitrogens with zero attached hydrogens (tertiary/aromatic N) is 2. The van der Waals surface area contributed by atoms with Crippen molar-refractivity contribution in [2.45, 2.75) is 39.3 Å². The highest BCUT2D eigenvalue weighted by atomic mass is 79.9. The molecule has 1 N–H and O–H groups in total. The molecule has 0 bridgehead atoms. The normalized spacial score (nSPS) is 13.3. The van der Waals surface area contributed by atoms with Gasteiger partial charge in [0.1, 0.15) is 6.04 Å². The van der Waals surface area contributed by atoms with Crippen molar-refractivity contribution in [1.82, 2.24) is 10.2 Å². The van der Waals surface area contributed by atoms with Gasteiger partial charge < -0.3 is 15.1 Å². The number of amides is 3. The van der Waals surface area contributed by atoms with Crippen LogP contribution in [0.2, 0.25) is 0 Å². The van der Waals surface area contributed by atoms with E-state index in [1.54, 1.807) is 16.7 Å². The molecule has 34 heavy (non-hydrogen) atoms. The van der Waals surface area contributed by atoms with Crippen LogP contribution >= 0.6 is 15.9 Å². The Morgan fingerprint density at radius 3 is 2.47 bits per heavy atom. The molecule has 1 aliphatic rings. The standard InChI is InChI=1S/C27H28BrN3O3/c1-3-29-26(33)18(2)31(17-19-12-14-21(28)15-13-19)24(32)11-6-16-30-23-10-5-8-20-7-4-9-22(25(20)23)27(30)34/h4-5,7-10,12-15,18H,3,6,11,16-17H2,1-2H3,(H,29,33)/t18-/m1/s1. The Morgan fingerprint density at radius 1 is 1.06 bits per heavy atom. The Morgan fingerprint density at radius 2 is 1.76 bits per heavy atom. The van der Waals surface area contributed by atoms with Gasteiger partial charge in [-0.25, -0.2) is 0 Å². The molecule has 3 aromatic rings. The first-order chi connectivity index (χ1) is 16.4. The Hall–Kier alpha value is -3.19. The van der Waals surface area contributed by atoms with Crippen LogP contribution in [0.15, 0.2) is 65.1 Å². The second-order valence-corrected chi connectivity index (χ2v) is 9.38. The lowest BCUT2D eigenvalue weighted by Gasteiger charge is -2.29. The number of likely N-dealkylation sites (N-methyl/N-ethyl adjacent to an activating group) is 1. The van der Waals surface area contributed by atoms with Gasteiger partial charge in [0, 0.05) is 41.5 Å². The smallest absolute Gasteiger partial charge is 0.258 e. The Kier molecular flexibility index (Phi) is 7.32. The van der Waals surface area contributed by atoms with Gasteiger partial charge >= 0.3 is 0 Å². The SMILES string of the molecule is CCNC(=O)[C@@H](C)N(Cc1ccc(Br)cc1)C(=O)CCCN1C(=O)c2cccc3cccc1c23. The van der Waals surface area contributed by atoms with E-state index in [1.807, 2.05) is 67.6 Å². The summed E-state index contributed by atoms with van der Waals surface area (Å²) in [7, 11) is 0. The Balaban J connectivity index is 1.45. The molecular formula is C27H28BrN3O3. The van der Waals surface area contributed by atoms with Crippen LogP contribution in [0.25, 0.3) is 10.8 Å². The second kappa shape index (κ2) is 10.4. The van der Waals surface area contributed by atoms with Crippen LogP contribution in [-0.4, -0.2) is 41.8 Å². The highest BCUT2D eigenvalue weighted by molar-refractivity contribution is 9.10. The van der Waals surface area contributed by atoms with Crippen LogP contribution in [0.4, 0.5) is 5.69 Å². The maximum Gasteiger partial charge on any atom is 0.258 e. The first-order valence-corrected chi connectivity index (χ1v) is 12.3. The molecule has 4 rings (SSSR count). The summed E-state index contributed by atoms with van der Waals surface area (Å²) in [6.07, 6.45) is 0.754. The first kappa shape index (κ1) is 24.0. The van der Waals surface area contributed by atoms with Gasteiger partial charge in [0.2, 0.25) is 11.8 Å². The molecule has 176 valence electrons. The molecule has 1 atom stereocenters. The minimum Gasteiger partial charge on any atom is -0.355 e. The third-order valence-corrected chi connectivity index (χ3v) is 6.73. The van der Waals surface area contributed by atoms with Crippen molar-refractivity contribution in [3.05, 3.63) is 76.3 Å². The van der Waals surface area contributed by atoms with Crippen molar-refractivity contribution in [1.29, 1.82) is 0 Å². The van der Waals surface area contributed by atoms with Crippen LogP contribution in [0.3, 0.4) is 0 Å². The largest absolute Gasteiger partial charge is 0.355 e. The van der Waals surface area contributed by atoms with E-state index in [1.165, 1.54) is 0 Å². The fourth-order valence-electron chi connectivity index (χ4n) is 4.42. The van der Waals surface area contributed by atoms with E-state index in [9.17, 15) is 14.4 Å². The van der Waals surface area contributed by atoms with Crippen LogP contribution in [-0.2, 0) is 16.1 Å². The van der Waals surface area contributed by atoms with Gasteiger partial charge in [-0.15, -0.1) is 0 Å². The van der Waals surface area contributed by atoms with Crippen molar-refractivity contribution < 1.29 is 14.4 Å². The minimum atomic E-state index is -0.595. The van der Waals surface area contributed by atoms with Gasteiger partial charge in [-0.05, 0) is 55.5 Å². The molecule has 7 heteroatoms. The summed E-state index contributed by atoms with van der Waals surface area (Å²) in [5.74, 6) is -0.310. The summed E-state index contributed by atoms with van der Waals surface area (Å²) in [5, 5.41) is 4.83. The molecule has 1 aliphatic heterocycles. The van der Waals surface area contributed by atoms with Crippen molar-refractivity contribution in [2.24, 2.45) is 0 Å². The second-order valence-electron chi connectivity index (χ2n) is 8.46. The van der Waals surface area contributed by atoms with Crippen molar-refractivity contribution in [3.8, 4) is 0 Å². The highest BCUT2D eigenvalue weighted by Gasteiger charge is 2.30. The molecule has 1 heterocycles. The zero-order valence-corrected chi connectivity index (χ0v) is 21.0. The van der Waals surface area contributed by atoms with Crippen molar-refractivity contribution in [2.75, 3.05) is 18.0 Å². The average molecular weight is 522 g/mol. The fraction of sp³-hybridized carbons (Fsp3) is 0.296. The fourth-order valence-corrected chi connectivity index (χ4v) is 4.69. The molecule has 0 aromatic heterocycles. The monoisotopic (exact) mass is 521 g/mol. The third-order valence-electron chi connectivity index (χ3n) is 6.21. The van der Waals surface area contributed by atoms with E-state index in [4.69, 9.17) is 0 Å². The molecule has 0 spiro atoms. The number of anilines is 1. The molecule has 0 saturated heterocycles. The van der Waals surface area contributed by atoms with E-state index in [0.29, 0.717) is 31.6 Å². The van der Waals surface area contributed by atoms with Crippen LogP contribution in [0.1, 0.15) is 42.6 Å². The average Bonchev–Trinajstić information content (AvgIpc) is 3.11. The van der Waals surface area contributed by atoms with Gasteiger partial charge in [0.25, 0.3) is 5.91 Å². The molecule has 3 aromatic carbocycles. The van der Waals surface area contributed by atoms with Gasteiger partial charge in [-0.2, -0.15) is 0 Å². The number of hydrogen-bond donors (Lipinski definition) is 1. The van der Waals surface area contributed by atoms with E-state index >= 15 is 0 Å². The number of benzene rings is 3. The van der Waals surface area contributed by atoms with E-state index in [0.717, 1.165) is 26.5 Å². The number of halogens is 1. The zero-order valence-electron chi connectivity index (χ0n) is 19.4. The maximum absolute atomic E-state index is 13.3. The maximum atomic E-state index is 13.3. The van der Waals surface area contributed by atoms with Crippen LogP contribution < -0.4 is 10.2 Å². The number of rotatable bonds is 9. The van der Waals surface area contributed by atoms with Crippen molar-refractivity contribution in [3.63, 3.8) is 0 Å². The third kappa shape index (κ3) is 4.85. The summed E-state index contributed by atoms with van der Waals surface area (Å²) in [6, 6.07) is 18.8. The molecule has 0 unspecified atom stereocenters. The lowest BCUT2D eigenvalue weighted by molar-refractivity contribution is -0.140. The summed E-state index contributed by atoms with van der Waals surface area (Å²) >= 11 is 3.43. The lowest BCUT2D eigenvalue weighted by atomic mass is 10.1. The van der Waals surface area contributed by atoms with Crippen LogP contribution in [0.5, 0.6) is 0 Å². The summed E-state index contributed by atoms with van der Waals surface area (Å²) in [6.45, 7) is 4.91. The summed E-state index contributed by atoms with van der Waals surface area (Å²) in [4.78, 5) is 42.2. The van der Waals surface area contributed by atoms with Gasteiger partial charge in [-0.3, -0.25) is 14.4 Å². The van der Waals surface area contributed by atoms with E-state index in [-0.39, 0.29) is 24.1 Å². The number of nitrogens with one attached hydrogen (secondary N) is 1. The quantitative estimate of drug-likeness (QED) is 0.435. The molecular weight excluding hydrogens is 494 g/mol. The number of carbonyl (C=O) groups excluding carboxylic acids is 3. The highest BCUT2D eigenvalue weighted by Crippen LogP contribution is 2.37. The topological polar surface area (TPSA) is 69.7 Å². The summed E-state index contributed by atoms with van der Waals surface area (Å²) < 4.78 is 0.956. The summed E-state index contributed by atoms with van der Waals surface area (Å²) in [5.41, 5.74) is 2.55. The van der Waals surface area contributed by atoms with E-state index < -0.39 is 6.04 Å². The Bertz CT molecular complexity index is 1220. The van der Waals surface area contributed by atoms with Crippen LogP contribution in [0, 0.1) is 0 Å². The van der Waals surface area contributed by atoms with Gasteiger partial charge in [-0.1, -0.05) is 52.3 Å². The van der Waals surface area contributed by atoms with Gasteiger partial charge in [0.05, 0.1) is 5.69 Å². The molecule has 3 amide bonds. The van der Waals surface area contributed by atoms with Gasteiger partial charge in [0.15, 0.2) is 0 Å². The lowest BCUT2D eigenvalue weighted by Crippen LogP contribution is -2.47. The first-order valence-electron chi connectivity index (χ1n) is 11.6. The molecule has 6 nitrogen and oxygen atoms in total. The molecule has 0 saturated carbocycles.